The van der Waals surface area contributed by atoms with Gasteiger partial charge < -0.3 is 19.8 Å². The number of rotatable bonds is 11. The summed E-state index contributed by atoms with van der Waals surface area (Å²) in [5, 5.41) is 20.2. The fourth-order valence-electron chi connectivity index (χ4n) is 2.37. The van der Waals surface area contributed by atoms with Crippen molar-refractivity contribution in [2.75, 3.05) is 0 Å². The molecule has 0 aromatic heterocycles. The Morgan fingerprint density at radius 3 is 1.85 bits per heavy atom. The van der Waals surface area contributed by atoms with E-state index in [9.17, 15) is 19.5 Å². The number of nitrogens with zero attached hydrogens (tertiary/aromatic N) is 1. The molecule has 8 heteroatoms. The topological polar surface area (TPSA) is 118 Å². The van der Waals surface area contributed by atoms with Crippen LogP contribution in [0.4, 0.5) is 0 Å². The minimum atomic E-state index is -1.36. The summed E-state index contributed by atoms with van der Waals surface area (Å²) in [6.07, 6.45) is 10.6. The van der Waals surface area contributed by atoms with Gasteiger partial charge in [0.25, 0.3) is 11.8 Å². The van der Waals surface area contributed by atoms with Crippen LogP contribution in [0.5, 0.6) is 0 Å². The second-order valence-electron chi connectivity index (χ2n) is 5.65. The van der Waals surface area contributed by atoms with E-state index >= 15 is 0 Å². The Labute approximate surface area is 166 Å². The van der Waals surface area contributed by atoms with E-state index in [2.05, 4.69) is 13.5 Å². The van der Waals surface area contributed by atoms with Crippen molar-refractivity contribution in [1.29, 1.82) is 0 Å². The normalized spacial score (nSPS) is 13.5. The number of hydrogen-bond acceptors (Lipinski definition) is 6. The van der Waals surface area contributed by atoms with Crippen LogP contribution >= 0.6 is 0 Å². The van der Waals surface area contributed by atoms with Gasteiger partial charge in [0.05, 0.1) is 18.0 Å². The fraction of sp³-hybridized carbons (Fsp3) is 0.556. The van der Waals surface area contributed by atoms with Crippen LogP contribution in [0.3, 0.4) is 0 Å². The monoisotopic (exact) mass is 415 g/mol. The third-order valence-electron chi connectivity index (χ3n) is 3.67. The molecular weight excluding hydrogens is 392 g/mol. The van der Waals surface area contributed by atoms with Crippen molar-refractivity contribution < 1.29 is 48.9 Å². The summed E-state index contributed by atoms with van der Waals surface area (Å²) >= 11 is 0. The summed E-state index contributed by atoms with van der Waals surface area (Å²) in [5.41, 5.74) is 0. The zero-order valence-electron chi connectivity index (χ0n) is 15.3. The zero-order chi connectivity index (χ0) is 19.2. The van der Waals surface area contributed by atoms with Gasteiger partial charge >= 0.3 is 19.5 Å². The first kappa shape index (κ1) is 26.4. The molecule has 0 fully saturated rings. The quantitative estimate of drug-likeness (QED) is 0.204. The standard InChI is InChI=1S/C15H23NO4.C3H4O2.Zn/c1-2-3-4-5-6-7-8-9-12(15(19)20)16-13(17)10-11-14(16)18;1-2-3(4)5;/h10-12H,2-9H2,1H3,(H,19,20);2H,1H2,(H,4,5);/q;;+2/p-2. The zero-order valence-corrected chi connectivity index (χ0v) is 18.2. The smallest absolute Gasteiger partial charge is 0.548 e. The molecule has 0 bridgehead atoms. The van der Waals surface area contributed by atoms with Crippen LogP contribution in [0, 0.1) is 0 Å². The van der Waals surface area contributed by atoms with Gasteiger partial charge in [-0.25, -0.2) is 0 Å². The Hall–Kier alpha value is -1.82. The van der Waals surface area contributed by atoms with E-state index in [0.29, 0.717) is 6.42 Å². The summed E-state index contributed by atoms with van der Waals surface area (Å²) in [5.74, 6) is -3.72. The van der Waals surface area contributed by atoms with Crippen molar-refractivity contribution in [3.8, 4) is 0 Å². The van der Waals surface area contributed by atoms with E-state index < -0.39 is 29.8 Å². The molecule has 0 saturated carbocycles. The Balaban J connectivity index is 0. The second-order valence-corrected chi connectivity index (χ2v) is 5.65. The van der Waals surface area contributed by atoms with Crippen LogP contribution in [0.15, 0.2) is 24.8 Å². The predicted octanol–water partition coefficient (Wildman–Crippen LogP) is 0.0904. The number of aliphatic carboxylic acids is 2. The first-order chi connectivity index (χ1) is 11.8. The average molecular weight is 417 g/mol. The van der Waals surface area contributed by atoms with Gasteiger partial charge in [0, 0.05) is 12.2 Å². The maximum absolute atomic E-state index is 11.5. The van der Waals surface area contributed by atoms with E-state index in [0.717, 1.165) is 42.4 Å². The van der Waals surface area contributed by atoms with Crippen LogP contribution < -0.4 is 10.2 Å². The van der Waals surface area contributed by atoms with Gasteiger partial charge in [0.15, 0.2) is 0 Å². The van der Waals surface area contributed by atoms with Gasteiger partial charge in [-0.3, -0.25) is 14.5 Å². The van der Waals surface area contributed by atoms with Crippen molar-refractivity contribution in [3.05, 3.63) is 24.8 Å². The third-order valence-corrected chi connectivity index (χ3v) is 3.67. The molecule has 26 heavy (non-hydrogen) atoms. The molecule has 0 aromatic rings. The minimum Gasteiger partial charge on any atom is -0.548 e. The average Bonchev–Trinajstić information content (AvgIpc) is 2.89. The number of hydrogen-bond donors (Lipinski definition) is 0. The molecule has 2 amide bonds. The minimum absolute atomic E-state index is 0. The van der Waals surface area contributed by atoms with Crippen molar-refractivity contribution in [2.45, 2.75) is 64.3 Å². The largest absolute Gasteiger partial charge is 2.00 e. The molecule has 0 spiro atoms. The van der Waals surface area contributed by atoms with Gasteiger partial charge in [0.1, 0.15) is 0 Å². The molecule has 0 N–H and O–H groups in total. The Kier molecular flexibility index (Phi) is 15.7. The van der Waals surface area contributed by atoms with Crippen LogP contribution in [0.2, 0.25) is 0 Å². The van der Waals surface area contributed by atoms with Gasteiger partial charge in [-0.05, 0) is 12.5 Å². The van der Waals surface area contributed by atoms with Crippen molar-refractivity contribution in [1.82, 2.24) is 4.90 Å². The fourth-order valence-corrected chi connectivity index (χ4v) is 2.37. The molecular formula is C18H25NO6Zn. The molecule has 1 rings (SSSR count). The molecule has 1 aliphatic heterocycles. The summed E-state index contributed by atoms with van der Waals surface area (Å²) < 4.78 is 0. The molecule has 140 valence electrons. The first-order valence-corrected chi connectivity index (χ1v) is 8.44. The molecule has 0 aromatic carbocycles. The van der Waals surface area contributed by atoms with Crippen molar-refractivity contribution in [3.63, 3.8) is 0 Å². The first-order valence-electron chi connectivity index (χ1n) is 8.44. The number of carbonyl (C=O) groups excluding carboxylic acids is 4. The molecule has 0 aliphatic carbocycles. The van der Waals surface area contributed by atoms with E-state index in [1.54, 1.807) is 0 Å². The number of carboxylic acid groups (broad SMARTS) is 2. The van der Waals surface area contributed by atoms with E-state index in [1.807, 2.05) is 0 Å². The second kappa shape index (κ2) is 15.4. The summed E-state index contributed by atoms with van der Waals surface area (Å²) in [6.45, 7) is 5.05. The number of carbonyl (C=O) groups is 4. The Morgan fingerprint density at radius 1 is 1.04 bits per heavy atom. The Bertz CT molecular complexity index is 500. The SMILES string of the molecule is C=CC(=O)[O-].CCCCCCCCCC(C(=O)[O-])N1C(=O)C=CC1=O.[Zn+2]. The maximum Gasteiger partial charge on any atom is 2.00 e. The maximum atomic E-state index is 11.5. The van der Waals surface area contributed by atoms with E-state index in [-0.39, 0.29) is 25.9 Å². The molecule has 0 saturated heterocycles. The number of imide groups is 1. The summed E-state index contributed by atoms with van der Waals surface area (Å²) in [6, 6.07) is -1.14. The van der Waals surface area contributed by atoms with E-state index in [1.165, 1.54) is 19.3 Å². The summed E-state index contributed by atoms with van der Waals surface area (Å²) in [4.78, 5) is 44.0. The Morgan fingerprint density at radius 2 is 1.46 bits per heavy atom. The number of amides is 2. The van der Waals surface area contributed by atoms with Gasteiger partial charge in [-0.1, -0.05) is 58.4 Å². The van der Waals surface area contributed by atoms with Crippen LogP contribution in [-0.2, 0) is 38.7 Å². The van der Waals surface area contributed by atoms with Crippen molar-refractivity contribution >= 4 is 23.8 Å². The van der Waals surface area contributed by atoms with Gasteiger partial charge in [-0.15, -0.1) is 0 Å². The molecule has 1 heterocycles. The van der Waals surface area contributed by atoms with Crippen molar-refractivity contribution in [2.24, 2.45) is 0 Å². The third kappa shape index (κ3) is 10.9. The molecule has 1 aliphatic rings. The van der Waals surface area contributed by atoms with Crippen LogP contribution in [0.1, 0.15) is 58.3 Å². The van der Waals surface area contributed by atoms with Gasteiger partial charge in [0.2, 0.25) is 0 Å². The number of unbranched alkanes of at least 4 members (excludes halogenated alkanes) is 6. The van der Waals surface area contributed by atoms with Gasteiger partial charge in [-0.2, -0.15) is 0 Å². The molecule has 0 radical (unpaired) electrons. The predicted molar refractivity (Wildman–Crippen MR) is 87.6 cm³/mol. The number of carboxylic acids is 2. The van der Waals surface area contributed by atoms with Crippen LogP contribution in [0.25, 0.3) is 0 Å². The molecule has 1 unspecified atom stereocenters. The molecule has 7 nitrogen and oxygen atoms in total. The van der Waals surface area contributed by atoms with E-state index in [4.69, 9.17) is 9.90 Å². The van der Waals surface area contributed by atoms with Crippen LogP contribution in [-0.4, -0.2) is 34.7 Å². The molecule has 1 atom stereocenters. The summed E-state index contributed by atoms with van der Waals surface area (Å²) in [7, 11) is 0.